The van der Waals surface area contributed by atoms with Gasteiger partial charge in [-0.3, -0.25) is 4.90 Å². The minimum absolute atomic E-state index is 0.570. The summed E-state index contributed by atoms with van der Waals surface area (Å²) in [5.74, 6) is 1.72. The molecule has 1 aliphatic heterocycles. The van der Waals surface area contributed by atoms with Gasteiger partial charge in [0.1, 0.15) is 5.75 Å². The Morgan fingerprint density at radius 3 is 2.85 bits per heavy atom. The van der Waals surface area contributed by atoms with Gasteiger partial charge in [0.25, 0.3) is 0 Å². The average Bonchev–Trinajstić information content (AvgIpc) is 2.49. The second kappa shape index (κ2) is 7.09. The van der Waals surface area contributed by atoms with E-state index in [4.69, 9.17) is 4.74 Å². The van der Waals surface area contributed by atoms with Crippen molar-refractivity contribution in [3.05, 3.63) is 29.8 Å². The Morgan fingerprint density at radius 2 is 2.15 bits per heavy atom. The van der Waals surface area contributed by atoms with E-state index in [2.05, 4.69) is 43.1 Å². The number of rotatable bonds is 5. The van der Waals surface area contributed by atoms with Gasteiger partial charge < -0.3 is 10.1 Å². The van der Waals surface area contributed by atoms with Crippen LogP contribution in [0.1, 0.15) is 32.8 Å². The molecule has 1 fully saturated rings. The SMILES string of the molecule is CCC(C)C1CN(Cc2ccccc2OC)C(C)CN1. The molecule has 0 spiro atoms. The summed E-state index contributed by atoms with van der Waals surface area (Å²) >= 11 is 0. The van der Waals surface area contributed by atoms with Crippen molar-refractivity contribution in [2.24, 2.45) is 5.92 Å². The van der Waals surface area contributed by atoms with E-state index in [1.165, 1.54) is 12.0 Å². The highest BCUT2D eigenvalue weighted by Crippen LogP contribution is 2.23. The first-order chi connectivity index (χ1) is 9.65. The summed E-state index contributed by atoms with van der Waals surface area (Å²) in [5.41, 5.74) is 1.28. The van der Waals surface area contributed by atoms with Crippen LogP contribution in [0.25, 0.3) is 0 Å². The number of nitrogens with zero attached hydrogens (tertiary/aromatic N) is 1. The fourth-order valence-corrected chi connectivity index (χ4v) is 2.89. The molecule has 1 saturated heterocycles. The van der Waals surface area contributed by atoms with Crippen molar-refractivity contribution < 1.29 is 4.74 Å². The zero-order valence-corrected chi connectivity index (χ0v) is 13.2. The highest BCUT2D eigenvalue weighted by Gasteiger charge is 2.28. The second-order valence-corrected chi connectivity index (χ2v) is 5.99. The second-order valence-electron chi connectivity index (χ2n) is 5.99. The van der Waals surface area contributed by atoms with Crippen LogP contribution >= 0.6 is 0 Å². The van der Waals surface area contributed by atoms with Gasteiger partial charge in [0.2, 0.25) is 0 Å². The van der Waals surface area contributed by atoms with Crippen LogP contribution in [0, 0.1) is 5.92 Å². The topological polar surface area (TPSA) is 24.5 Å². The molecule has 2 rings (SSSR count). The Bertz CT molecular complexity index is 421. The van der Waals surface area contributed by atoms with E-state index in [1.807, 2.05) is 12.1 Å². The third-order valence-electron chi connectivity index (χ3n) is 4.63. The Balaban J connectivity index is 2.06. The molecule has 0 aromatic heterocycles. The molecule has 3 atom stereocenters. The van der Waals surface area contributed by atoms with Crippen LogP contribution in [0.15, 0.2) is 24.3 Å². The third kappa shape index (κ3) is 3.53. The maximum atomic E-state index is 5.48. The molecule has 1 heterocycles. The largest absolute Gasteiger partial charge is 0.496 e. The van der Waals surface area contributed by atoms with E-state index in [0.29, 0.717) is 12.1 Å². The third-order valence-corrected chi connectivity index (χ3v) is 4.63. The number of hydrogen-bond donors (Lipinski definition) is 1. The first kappa shape index (κ1) is 15.3. The summed E-state index contributed by atoms with van der Waals surface area (Å²) in [6.45, 7) is 10.1. The molecule has 3 unspecified atom stereocenters. The molecule has 1 N–H and O–H groups in total. The highest BCUT2D eigenvalue weighted by molar-refractivity contribution is 5.33. The number of piperazine rings is 1. The minimum Gasteiger partial charge on any atom is -0.496 e. The smallest absolute Gasteiger partial charge is 0.123 e. The lowest BCUT2D eigenvalue weighted by molar-refractivity contribution is 0.111. The van der Waals surface area contributed by atoms with Gasteiger partial charge in [-0.1, -0.05) is 38.5 Å². The van der Waals surface area contributed by atoms with Crippen molar-refractivity contribution in [1.29, 1.82) is 0 Å². The number of nitrogens with one attached hydrogen (secondary N) is 1. The number of methoxy groups -OCH3 is 1. The molecule has 1 aromatic carbocycles. The number of para-hydroxylation sites is 1. The molecule has 0 aliphatic carbocycles. The summed E-state index contributed by atoms with van der Waals surface area (Å²) < 4.78 is 5.48. The molecule has 0 amide bonds. The lowest BCUT2D eigenvalue weighted by Gasteiger charge is -2.41. The molecule has 0 saturated carbocycles. The Labute approximate surface area is 123 Å². The molecule has 0 bridgehead atoms. The van der Waals surface area contributed by atoms with Crippen LogP contribution in [0.5, 0.6) is 5.75 Å². The van der Waals surface area contributed by atoms with Crippen LogP contribution in [-0.4, -0.2) is 37.2 Å². The number of benzene rings is 1. The van der Waals surface area contributed by atoms with Crippen molar-refractivity contribution in [2.75, 3.05) is 20.2 Å². The summed E-state index contributed by atoms with van der Waals surface area (Å²) in [6.07, 6.45) is 1.23. The summed E-state index contributed by atoms with van der Waals surface area (Å²) in [5, 5.41) is 3.69. The predicted octanol–water partition coefficient (Wildman–Crippen LogP) is 2.90. The van der Waals surface area contributed by atoms with Gasteiger partial charge >= 0.3 is 0 Å². The van der Waals surface area contributed by atoms with Crippen LogP contribution < -0.4 is 10.1 Å². The zero-order valence-electron chi connectivity index (χ0n) is 13.2. The lowest BCUT2D eigenvalue weighted by atomic mass is 9.95. The molecular formula is C17H28N2O. The molecule has 1 aliphatic rings. The number of hydrogen-bond acceptors (Lipinski definition) is 3. The van der Waals surface area contributed by atoms with Gasteiger partial charge in [-0.2, -0.15) is 0 Å². The quantitative estimate of drug-likeness (QED) is 0.895. The number of ether oxygens (including phenoxy) is 1. The van der Waals surface area contributed by atoms with Crippen molar-refractivity contribution in [3.8, 4) is 5.75 Å². The van der Waals surface area contributed by atoms with E-state index in [1.54, 1.807) is 7.11 Å². The molecule has 20 heavy (non-hydrogen) atoms. The van der Waals surface area contributed by atoms with Gasteiger partial charge in [-0.25, -0.2) is 0 Å². The maximum Gasteiger partial charge on any atom is 0.123 e. The minimum atomic E-state index is 0.570. The molecule has 112 valence electrons. The van der Waals surface area contributed by atoms with E-state index < -0.39 is 0 Å². The van der Waals surface area contributed by atoms with Crippen LogP contribution in [0.3, 0.4) is 0 Å². The molecular weight excluding hydrogens is 248 g/mol. The standard InChI is InChI=1S/C17H28N2O/c1-5-13(2)16-12-19(14(3)10-18-16)11-15-8-6-7-9-17(15)20-4/h6-9,13-14,16,18H,5,10-12H2,1-4H3. The van der Waals surface area contributed by atoms with E-state index in [0.717, 1.165) is 31.3 Å². The van der Waals surface area contributed by atoms with Gasteiger partial charge in [0.15, 0.2) is 0 Å². The molecule has 1 aromatic rings. The molecule has 3 nitrogen and oxygen atoms in total. The fraction of sp³-hybridized carbons (Fsp3) is 0.647. The van der Waals surface area contributed by atoms with Crippen LogP contribution in [0.2, 0.25) is 0 Å². The normalized spacial score (nSPS) is 25.4. The lowest BCUT2D eigenvalue weighted by Crippen LogP contribution is -2.56. The van der Waals surface area contributed by atoms with E-state index in [9.17, 15) is 0 Å². The van der Waals surface area contributed by atoms with Gasteiger partial charge in [0.05, 0.1) is 7.11 Å². The predicted molar refractivity (Wildman–Crippen MR) is 84.1 cm³/mol. The first-order valence-corrected chi connectivity index (χ1v) is 7.75. The first-order valence-electron chi connectivity index (χ1n) is 7.75. The van der Waals surface area contributed by atoms with Gasteiger partial charge in [0, 0.05) is 37.3 Å². The fourth-order valence-electron chi connectivity index (χ4n) is 2.89. The maximum absolute atomic E-state index is 5.48. The summed E-state index contributed by atoms with van der Waals surface area (Å²) in [4.78, 5) is 2.57. The Morgan fingerprint density at radius 1 is 1.40 bits per heavy atom. The zero-order chi connectivity index (χ0) is 14.5. The van der Waals surface area contributed by atoms with Gasteiger partial charge in [-0.15, -0.1) is 0 Å². The van der Waals surface area contributed by atoms with Crippen molar-refractivity contribution in [3.63, 3.8) is 0 Å². The summed E-state index contributed by atoms with van der Waals surface area (Å²) in [6, 6.07) is 9.52. The highest BCUT2D eigenvalue weighted by atomic mass is 16.5. The van der Waals surface area contributed by atoms with Crippen LogP contribution in [-0.2, 0) is 6.54 Å². The Hall–Kier alpha value is -1.06. The van der Waals surface area contributed by atoms with Crippen molar-refractivity contribution in [2.45, 2.75) is 45.8 Å². The monoisotopic (exact) mass is 276 g/mol. The average molecular weight is 276 g/mol. The van der Waals surface area contributed by atoms with E-state index >= 15 is 0 Å². The molecule has 3 heteroatoms. The van der Waals surface area contributed by atoms with Crippen molar-refractivity contribution in [1.82, 2.24) is 10.2 Å². The summed E-state index contributed by atoms with van der Waals surface area (Å²) in [7, 11) is 1.75. The molecule has 0 radical (unpaired) electrons. The van der Waals surface area contributed by atoms with Crippen LogP contribution in [0.4, 0.5) is 0 Å². The van der Waals surface area contributed by atoms with Gasteiger partial charge in [-0.05, 0) is 18.9 Å². The Kier molecular flexibility index (Phi) is 5.44. The van der Waals surface area contributed by atoms with Crippen molar-refractivity contribution >= 4 is 0 Å². The van der Waals surface area contributed by atoms with E-state index in [-0.39, 0.29) is 0 Å².